The third kappa shape index (κ3) is 5.34. The number of rotatable bonds is 8. The van der Waals surface area contributed by atoms with Crippen LogP contribution in [0.1, 0.15) is 65.2 Å². The van der Waals surface area contributed by atoms with E-state index in [4.69, 9.17) is 0 Å². The van der Waals surface area contributed by atoms with Gasteiger partial charge in [-0.3, -0.25) is 0 Å². The van der Waals surface area contributed by atoms with Gasteiger partial charge in [-0.2, -0.15) is 0 Å². The lowest BCUT2D eigenvalue weighted by Gasteiger charge is -2.35. The normalized spacial score (nSPS) is 24.8. The molecule has 0 spiro atoms. The fourth-order valence-corrected chi connectivity index (χ4v) is 4.82. The summed E-state index contributed by atoms with van der Waals surface area (Å²) in [6.07, 6.45) is 8.46. The Bertz CT molecular complexity index is 375. The van der Waals surface area contributed by atoms with Gasteiger partial charge in [0.15, 0.2) is 9.84 Å². The summed E-state index contributed by atoms with van der Waals surface area (Å²) in [6, 6.07) is -0.000938. The molecular weight excluding hydrogens is 274 g/mol. The molecule has 2 unspecified atom stereocenters. The molecule has 0 radical (unpaired) electrons. The number of aliphatic hydroxyl groups is 1. The maximum Gasteiger partial charge on any atom is 0.151 e. The average molecular weight is 305 g/mol. The molecule has 0 amide bonds. The van der Waals surface area contributed by atoms with Crippen LogP contribution >= 0.6 is 0 Å². The monoisotopic (exact) mass is 305 g/mol. The van der Waals surface area contributed by atoms with Crippen molar-refractivity contribution in [1.82, 2.24) is 5.32 Å². The zero-order valence-corrected chi connectivity index (χ0v) is 14.0. The van der Waals surface area contributed by atoms with E-state index in [0.29, 0.717) is 6.54 Å². The van der Waals surface area contributed by atoms with Crippen LogP contribution < -0.4 is 5.32 Å². The first-order valence-corrected chi connectivity index (χ1v) is 9.92. The van der Waals surface area contributed by atoms with Crippen LogP contribution in [0, 0.1) is 0 Å². The molecule has 120 valence electrons. The van der Waals surface area contributed by atoms with Crippen LogP contribution in [-0.4, -0.2) is 43.2 Å². The van der Waals surface area contributed by atoms with E-state index in [1.807, 2.05) is 0 Å². The Balaban J connectivity index is 2.64. The van der Waals surface area contributed by atoms with E-state index < -0.39 is 15.4 Å². The van der Waals surface area contributed by atoms with Gasteiger partial charge in [-0.15, -0.1) is 0 Å². The Labute approximate surface area is 124 Å². The lowest BCUT2D eigenvalue weighted by atomic mass is 9.90. The number of nitrogens with one attached hydrogen (secondary N) is 1. The lowest BCUT2D eigenvalue weighted by Crippen LogP contribution is -2.51. The van der Waals surface area contributed by atoms with Gasteiger partial charge in [0, 0.05) is 18.8 Å². The minimum absolute atomic E-state index is 0.000938. The van der Waals surface area contributed by atoms with Crippen molar-refractivity contribution in [1.29, 1.82) is 0 Å². The summed E-state index contributed by atoms with van der Waals surface area (Å²) in [6.45, 7) is 4.65. The van der Waals surface area contributed by atoms with Gasteiger partial charge >= 0.3 is 0 Å². The molecule has 1 aliphatic carbocycles. The molecule has 4 nitrogen and oxygen atoms in total. The highest BCUT2D eigenvalue weighted by atomic mass is 32.2. The first-order valence-electron chi connectivity index (χ1n) is 7.97. The molecule has 1 rings (SSSR count). The van der Waals surface area contributed by atoms with Gasteiger partial charge in [0.05, 0.1) is 10.9 Å². The van der Waals surface area contributed by atoms with Crippen LogP contribution in [-0.2, 0) is 9.84 Å². The van der Waals surface area contributed by atoms with Crippen LogP contribution in [0.25, 0.3) is 0 Å². The molecule has 1 fully saturated rings. The van der Waals surface area contributed by atoms with Crippen molar-refractivity contribution in [3.63, 3.8) is 0 Å². The summed E-state index contributed by atoms with van der Waals surface area (Å²) in [5.41, 5.74) is -0.691. The smallest absolute Gasteiger partial charge is 0.151 e. The van der Waals surface area contributed by atoms with E-state index in [1.54, 1.807) is 0 Å². The zero-order valence-electron chi connectivity index (χ0n) is 13.2. The standard InChI is InChI=1S/C15H31NO3S/c1-4-10-15(17,11-5-2)12-16-13-8-6-7-9-14(13)20(3,18)19/h13-14,16-17H,4-12H2,1-3H3. The highest BCUT2D eigenvalue weighted by Crippen LogP contribution is 2.25. The van der Waals surface area contributed by atoms with Gasteiger partial charge in [-0.25, -0.2) is 8.42 Å². The molecule has 0 bridgehead atoms. The molecule has 20 heavy (non-hydrogen) atoms. The Morgan fingerprint density at radius 1 is 1.15 bits per heavy atom. The largest absolute Gasteiger partial charge is 0.389 e. The Morgan fingerprint density at radius 2 is 1.70 bits per heavy atom. The molecule has 0 aromatic carbocycles. The summed E-state index contributed by atoms with van der Waals surface area (Å²) in [7, 11) is -3.01. The van der Waals surface area contributed by atoms with Crippen LogP contribution in [0.15, 0.2) is 0 Å². The fourth-order valence-electron chi connectivity index (χ4n) is 3.40. The van der Waals surface area contributed by atoms with E-state index >= 15 is 0 Å². The Kier molecular flexibility index (Phi) is 6.95. The molecule has 0 heterocycles. The topological polar surface area (TPSA) is 66.4 Å². The van der Waals surface area contributed by atoms with Gasteiger partial charge in [0.1, 0.15) is 0 Å². The van der Waals surface area contributed by atoms with Crippen LogP contribution in [0.4, 0.5) is 0 Å². The molecule has 2 atom stereocenters. The molecule has 0 saturated heterocycles. The first kappa shape index (κ1) is 17.9. The summed E-state index contributed by atoms with van der Waals surface area (Å²) in [5.74, 6) is 0. The van der Waals surface area contributed by atoms with Crippen LogP contribution in [0.3, 0.4) is 0 Å². The molecule has 0 aromatic rings. The predicted octanol–water partition coefficient (Wildman–Crippen LogP) is 2.26. The quantitative estimate of drug-likeness (QED) is 0.722. The van der Waals surface area contributed by atoms with Crippen molar-refractivity contribution in [2.45, 2.75) is 82.1 Å². The number of hydrogen-bond acceptors (Lipinski definition) is 4. The van der Waals surface area contributed by atoms with Gasteiger partial charge in [-0.05, 0) is 25.7 Å². The maximum atomic E-state index is 11.9. The molecular formula is C15H31NO3S. The van der Waals surface area contributed by atoms with E-state index in [9.17, 15) is 13.5 Å². The summed E-state index contributed by atoms with van der Waals surface area (Å²) < 4.78 is 23.7. The average Bonchev–Trinajstić information content (AvgIpc) is 2.36. The van der Waals surface area contributed by atoms with Crippen molar-refractivity contribution in [3.8, 4) is 0 Å². The van der Waals surface area contributed by atoms with Crippen LogP contribution in [0.5, 0.6) is 0 Å². The minimum Gasteiger partial charge on any atom is -0.389 e. The van der Waals surface area contributed by atoms with Gasteiger partial charge in [-0.1, -0.05) is 39.5 Å². The predicted molar refractivity (Wildman–Crippen MR) is 83.7 cm³/mol. The van der Waals surface area contributed by atoms with E-state index in [2.05, 4.69) is 19.2 Å². The lowest BCUT2D eigenvalue weighted by molar-refractivity contribution is 0.0182. The SMILES string of the molecule is CCCC(O)(CCC)CNC1CCCCC1S(C)(=O)=O. The Hall–Kier alpha value is -0.130. The maximum absolute atomic E-state index is 11.9. The van der Waals surface area contributed by atoms with Crippen molar-refractivity contribution in [3.05, 3.63) is 0 Å². The highest BCUT2D eigenvalue weighted by Gasteiger charge is 2.34. The molecule has 1 aliphatic rings. The van der Waals surface area contributed by atoms with Crippen molar-refractivity contribution >= 4 is 9.84 Å². The van der Waals surface area contributed by atoms with Crippen molar-refractivity contribution in [2.24, 2.45) is 0 Å². The van der Waals surface area contributed by atoms with Crippen molar-refractivity contribution < 1.29 is 13.5 Å². The summed E-state index contributed by atoms with van der Waals surface area (Å²) in [5, 5.41) is 13.7. The van der Waals surface area contributed by atoms with Gasteiger partial charge in [0.25, 0.3) is 0 Å². The fraction of sp³-hybridized carbons (Fsp3) is 1.00. The molecule has 0 aliphatic heterocycles. The molecule has 0 aromatic heterocycles. The summed E-state index contributed by atoms with van der Waals surface area (Å²) >= 11 is 0. The second kappa shape index (κ2) is 7.76. The molecule has 1 saturated carbocycles. The first-order chi connectivity index (χ1) is 9.32. The Morgan fingerprint density at radius 3 is 2.20 bits per heavy atom. The zero-order chi connectivity index (χ0) is 15.2. The van der Waals surface area contributed by atoms with Crippen molar-refractivity contribution in [2.75, 3.05) is 12.8 Å². The minimum atomic E-state index is -3.01. The second-order valence-electron chi connectivity index (χ2n) is 6.36. The van der Waals surface area contributed by atoms with E-state index in [-0.39, 0.29) is 11.3 Å². The van der Waals surface area contributed by atoms with Crippen LogP contribution in [0.2, 0.25) is 0 Å². The number of hydrogen-bond donors (Lipinski definition) is 2. The third-order valence-electron chi connectivity index (χ3n) is 4.38. The second-order valence-corrected chi connectivity index (χ2v) is 8.63. The third-order valence-corrected chi connectivity index (χ3v) is 6.04. The summed E-state index contributed by atoms with van der Waals surface area (Å²) in [4.78, 5) is 0. The van der Waals surface area contributed by atoms with E-state index in [0.717, 1.165) is 51.4 Å². The van der Waals surface area contributed by atoms with Gasteiger partial charge < -0.3 is 10.4 Å². The number of sulfone groups is 1. The molecule has 5 heteroatoms. The van der Waals surface area contributed by atoms with Gasteiger partial charge in [0.2, 0.25) is 0 Å². The highest BCUT2D eigenvalue weighted by molar-refractivity contribution is 7.91. The van der Waals surface area contributed by atoms with E-state index in [1.165, 1.54) is 6.26 Å². The molecule has 2 N–H and O–H groups in total.